The first kappa shape index (κ1) is 15.8. The molecular weight excluding hydrogens is 342 g/mol. The number of benzene rings is 1. The Bertz CT molecular complexity index is 527. The van der Waals surface area contributed by atoms with E-state index in [-0.39, 0.29) is 17.1 Å². The zero-order valence-electron chi connectivity index (χ0n) is 12.2. The summed E-state index contributed by atoms with van der Waals surface area (Å²) >= 11 is 9.33. The van der Waals surface area contributed by atoms with Crippen molar-refractivity contribution in [3.05, 3.63) is 33.3 Å². The number of nitrogens with zero attached hydrogens (tertiary/aromatic N) is 1. The maximum absolute atomic E-state index is 12.6. The quantitative estimate of drug-likeness (QED) is 0.753. The normalized spacial score (nSPS) is 20.8. The number of ether oxygens (including phenoxy) is 1. The summed E-state index contributed by atoms with van der Waals surface area (Å²) in [6.07, 6.45) is 0. The van der Waals surface area contributed by atoms with Gasteiger partial charge in [0.1, 0.15) is 0 Å². The monoisotopic (exact) mass is 359 g/mol. The van der Waals surface area contributed by atoms with Gasteiger partial charge in [-0.15, -0.1) is 0 Å². The lowest BCUT2D eigenvalue weighted by atomic mass is 9.98. The van der Waals surface area contributed by atoms with Crippen LogP contribution in [0.3, 0.4) is 0 Å². The van der Waals surface area contributed by atoms with Crippen LogP contribution in [0.25, 0.3) is 0 Å². The lowest BCUT2D eigenvalue weighted by molar-refractivity contribution is -0.171. The zero-order valence-corrected chi connectivity index (χ0v) is 14.5. The van der Waals surface area contributed by atoms with Crippen LogP contribution in [0.2, 0.25) is 5.02 Å². The molecule has 0 atom stereocenters. The Hall–Kier alpha value is -0.580. The fourth-order valence-electron chi connectivity index (χ4n) is 2.74. The summed E-state index contributed by atoms with van der Waals surface area (Å²) < 4.78 is 6.73. The molecule has 1 fully saturated rings. The maximum Gasteiger partial charge on any atom is 0.254 e. The first-order valence-electron chi connectivity index (χ1n) is 6.54. The van der Waals surface area contributed by atoms with Crippen molar-refractivity contribution >= 4 is 33.4 Å². The van der Waals surface area contributed by atoms with Crippen molar-refractivity contribution < 1.29 is 9.53 Å². The summed E-state index contributed by atoms with van der Waals surface area (Å²) in [7, 11) is 0. The molecule has 110 valence electrons. The minimum Gasteiger partial charge on any atom is -0.366 e. The van der Waals surface area contributed by atoms with E-state index < -0.39 is 0 Å². The Balaban J connectivity index is 2.26. The van der Waals surface area contributed by atoms with Gasteiger partial charge in [-0.3, -0.25) is 4.79 Å². The van der Waals surface area contributed by atoms with Crippen LogP contribution >= 0.6 is 27.5 Å². The summed E-state index contributed by atoms with van der Waals surface area (Å²) in [5.41, 5.74) is -0.0583. The summed E-state index contributed by atoms with van der Waals surface area (Å²) in [5.74, 6) is 0.00631. The lowest BCUT2D eigenvalue weighted by Gasteiger charge is -2.47. The lowest BCUT2D eigenvalue weighted by Crippen LogP contribution is -2.58. The number of rotatable bonds is 1. The van der Waals surface area contributed by atoms with Crippen LogP contribution in [0.1, 0.15) is 38.1 Å². The molecule has 0 N–H and O–H groups in total. The minimum atomic E-state index is -0.346. The van der Waals surface area contributed by atoms with Gasteiger partial charge in [-0.25, -0.2) is 0 Å². The molecule has 1 saturated heterocycles. The molecule has 0 unspecified atom stereocenters. The van der Waals surface area contributed by atoms with Gasteiger partial charge >= 0.3 is 0 Å². The summed E-state index contributed by atoms with van der Waals surface area (Å²) in [5, 5.41) is 0.601. The molecule has 1 aromatic rings. The summed E-state index contributed by atoms with van der Waals surface area (Å²) in [4.78, 5) is 14.5. The summed E-state index contributed by atoms with van der Waals surface area (Å²) in [6.45, 7) is 9.18. The Morgan fingerprint density at radius 3 is 2.30 bits per heavy atom. The molecule has 3 nitrogen and oxygen atoms in total. The number of morpholine rings is 1. The molecule has 0 radical (unpaired) electrons. The second kappa shape index (κ2) is 5.32. The van der Waals surface area contributed by atoms with Crippen molar-refractivity contribution in [1.82, 2.24) is 4.90 Å². The third kappa shape index (κ3) is 3.54. The van der Waals surface area contributed by atoms with Crippen LogP contribution in [0, 0.1) is 0 Å². The van der Waals surface area contributed by atoms with Gasteiger partial charge in [-0.2, -0.15) is 0 Å². The topological polar surface area (TPSA) is 29.5 Å². The van der Waals surface area contributed by atoms with Gasteiger partial charge in [0.25, 0.3) is 5.91 Å². The molecule has 0 spiro atoms. The fourth-order valence-corrected chi connectivity index (χ4v) is 3.24. The third-order valence-electron chi connectivity index (χ3n) is 3.15. The standard InChI is InChI=1S/C15H19BrClNO2/c1-14(2)8-18(9-15(3,4)20-14)13(19)10-5-6-12(17)11(16)7-10/h5-7H,8-9H2,1-4H3. The molecule has 0 aliphatic carbocycles. The van der Waals surface area contributed by atoms with Crippen molar-refractivity contribution in [3.63, 3.8) is 0 Å². The molecule has 5 heteroatoms. The second-order valence-corrected chi connectivity index (χ2v) is 7.67. The minimum absolute atomic E-state index is 0.00631. The average Bonchev–Trinajstić information content (AvgIpc) is 2.27. The molecule has 1 aliphatic rings. The van der Waals surface area contributed by atoms with E-state index in [4.69, 9.17) is 16.3 Å². The highest BCUT2D eigenvalue weighted by Crippen LogP contribution is 2.30. The smallest absolute Gasteiger partial charge is 0.254 e. The largest absolute Gasteiger partial charge is 0.366 e. The third-order valence-corrected chi connectivity index (χ3v) is 4.36. The highest BCUT2D eigenvalue weighted by Gasteiger charge is 2.40. The van der Waals surface area contributed by atoms with Gasteiger partial charge in [0, 0.05) is 23.1 Å². The van der Waals surface area contributed by atoms with Crippen molar-refractivity contribution in [3.8, 4) is 0 Å². The number of hydrogen-bond acceptors (Lipinski definition) is 2. The van der Waals surface area contributed by atoms with Crippen LogP contribution in [0.5, 0.6) is 0 Å². The van der Waals surface area contributed by atoms with Crippen LogP contribution in [-0.4, -0.2) is 35.1 Å². The Morgan fingerprint density at radius 2 is 1.80 bits per heavy atom. The van der Waals surface area contributed by atoms with Crippen LogP contribution in [-0.2, 0) is 4.74 Å². The van der Waals surface area contributed by atoms with E-state index in [9.17, 15) is 4.79 Å². The van der Waals surface area contributed by atoms with Gasteiger partial charge in [0.2, 0.25) is 0 Å². The molecule has 0 saturated carbocycles. The van der Waals surface area contributed by atoms with Crippen molar-refractivity contribution in [2.24, 2.45) is 0 Å². The van der Waals surface area contributed by atoms with E-state index in [1.807, 2.05) is 32.6 Å². The maximum atomic E-state index is 12.6. The van der Waals surface area contributed by atoms with Gasteiger partial charge < -0.3 is 9.64 Å². The molecule has 0 bridgehead atoms. The van der Waals surface area contributed by atoms with E-state index in [0.717, 1.165) is 4.47 Å². The fraction of sp³-hybridized carbons (Fsp3) is 0.533. The van der Waals surface area contributed by atoms with E-state index >= 15 is 0 Å². The van der Waals surface area contributed by atoms with E-state index in [1.54, 1.807) is 18.2 Å². The molecule has 1 aromatic carbocycles. The second-order valence-electron chi connectivity index (χ2n) is 6.41. The number of hydrogen-bond donors (Lipinski definition) is 0. The van der Waals surface area contributed by atoms with Crippen LogP contribution in [0.15, 0.2) is 22.7 Å². The Labute approximate surface area is 133 Å². The number of carbonyl (C=O) groups is 1. The number of halogens is 2. The van der Waals surface area contributed by atoms with Gasteiger partial charge in [-0.1, -0.05) is 11.6 Å². The number of carbonyl (C=O) groups excluding carboxylic acids is 1. The highest BCUT2D eigenvalue weighted by molar-refractivity contribution is 9.10. The number of amides is 1. The Morgan fingerprint density at radius 1 is 1.25 bits per heavy atom. The van der Waals surface area contributed by atoms with Crippen LogP contribution in [0.4, 0.5) is 0 Å². The predicted molar refractivity (Wildman–Crippen MR) is 84.3 cm³/mol. The molecule has 2 rings (SSSR count). The SMILES string of the molecule is CC1(C)CN(C(=O)c2ccc(Cl)c(Br)c2)CC(C)(C)O1. The van der Waals surface area contributed by atoms with Crippen LogP contribution < -0.4 is 0 Å². The average molecular weight is 361 g/mol. The van der Waals surface area contributed by atoms with Gasteiger partial charge in [0.05, 0.1) is 16.2 Å². The first-order valence-corrected chi connectivity index (χ1v) is 7.71. The highest BCUT2D eigenvalue weighted by atomic mass is 79.9. The van der Waals surface area contributed by atoms with Crippen molar-refractivity contribution in [2.75, 3.05) is 13.1 Å². The molecular formula is C15H19BrClNO2. The molecule has 20 heavy (non-hydrogen) atoms. The Kier molecular flexibility index (Phi) is 4.20. The molecule has 1 aliphatic heterocycles. The van der Waals surface area contributed by atoms with Crippen molar-refractivity contribution in [1.29, 1.82) is 0 Å². The van der Waals surface area contributed by atoms with E-state index in [0.29, 0.717) is 23.7 Å². The zero-order chi connectivity index (χ0) is 15.1. The van der Waals surface area contributed by atoms with Crippen molar-refractivity contribution in [2.45, 2.75) is 38.9 Å². The van der Waals surface area contributed by atoms with Gasteiger partial charge in [0.15, 0.2) is 0 Å². The molecule has 0 aromatic heterocycles. The predicted octanol–water partition coefficient (Wildman–Crippen LogP) is 4.13. The van der Waals surface area contributed by atoms with E-state index in [1.165, 1.54) is 0 Å². The first-order chi connectivity index (χ1) is 9.10. The molecule has 1 heterocycles. The van der Waals surface area contributed by atoms with Gasteiger partial charge in [-0.05, 0) is 61.8 Å². The van der Waals surface area contributed by atoms with E-state index in [2.05, 4.69) is 15.9 Å². The summed E-state index contributed by atoms with van der Waals surface area (Å²) in [6, 6.07) is 5.25. The molecule has 1 amide bonds.